The second-order valence-electron chi connectivity index (χ2n) is 5.13. The lowest BCUT2D eigenvalue weighted by Crippen LogP contribution is -2.27. The van der Waals surface area contributed by atoms with Gasteiger partial charge in [-0.2, -0.15) is 4.31 Å². The summed E-state index contributed by atoms with van der Waals surface area (Å²) >= 11 is 0. The highest BCUT2D eigenvalue weighted by Gasteiger charge is 2.26. The van der Waals surface area contributed by atoms with Gasteiger partial charge in [0, 0.05) is 25.4 Å². The van der Waals surface area contributed by atoms with Crippen LogP contribution in [-0.2, 0) is 19.6 Å². The van der Waals surface area contributed by atoms with Crippen LogP contribution in [0.1, 0.15) is 26.2 Å². The van der Waals surface area contributed by atoms with Gasteiger partial charge in [-0.05, 0) is 44.0 Å². The first-order chi connectivity index (χ1) is 10.5. The molecule has 0 saturated carbocycles. The quantitative estimate of drug-likeness (QED) is 0.776. The minimum absolute atomic E-state index is 0.149. The van der Waals surface area contributed by atoms with E-state index in [9.17, 15) is 13.2 Å². The van der Waals surface area contributed by atoms with E-state index in [2.05, 4.69) is 5.32 Å². The number of ether oxygens (including phenoxy) is 1. The first-order valence-corrected chi connectivity index (χ1v) is 8.96. The van der Waals surface area contributed by atoms with Crippen LogP contribution >= 0.6 is 0 Å². The Kier molecular flexibility index (Phi) is 5.93. The molecule has 0 spiro atoms. The van der Waals surface area contributed by atoms with Crippen LogP contribution in [0, 0.1) is 0 Å². The van der Waals surface area contributed by atoms with Crippen LogP contribution in [-0.4, -0.2) is 44.9 Å². The number of hydrogen-bond donors (Lipinski definition) is 1. The summed E-state index contributed by atoms with van der Waals surface area (Å²) in [7, 11) is -3.40. The SMILES string of the molecule is CCOCCC(=O)Nc1ccc(S(=O)(=O)N2CCCC2)cc1. The van der Waals surface area contributed by atoms with Gasteiger partial charge < -0.3 is 10.1 Å². The first kappa shape index (κ1) is 16.9. The summed E-state index contributed by atoms with van der Waals surface area (Å²) in [6.07, 6.45) is 2.10. The molecule has 1 aliphatic heterocycles. The van der Waals surface area contributed by atoms with E-state index in [-0.39, 0.29) is 17.2 Å². The van der Waals surface area contributed by atoms with Crippen molar-refractivity contribution < 1.29 is 17.9 Å². The number of sulfonamides is 1. The number of nitrogens with zero attached hydrogens (tertiary/aromatic N) is 1. The van der Waals surface area contributed by atoms with Crippen LogP contribution in [0.5, 0.6) is 0 Å². The molecule has 122 valence electrons. The number of rotatable bonds is 7. The lowest BCUT2D eigenvalue weighted by Gasteiger charge is -2.15. The van der Waals surface area contributed by atoms with E-state index in [1.54, 1.807) is 12.1 Å². The smallest absolute Gasteiger partial charge is 0.243 e. The van der Waals surface area contributed by atoms with Crippen LogP contribution in [0.2, 0.25) is 0 Å². The van der Waals surface area contributed by atoms with Gasteiger partial charge in [0.1, 0.15) is 0 Å². The molecule has 0 bridgehead atoms. The van der Waals surface area contributed by atoms with Gasteiger partial charge in [-0.15, -0.1) is 0 Å². The fourth-order valence-electron chi connectivity index (χ4n) is 2.32. The van der Waals surface area contributed by atoms with E-state index in [0.717, 1.165) is 12.8 Å². The number of carbonyl (C=O) groups is 1. The molecule has 2 rings (SSSR count). The molecule has 1 fully saturated rings. The molecule has 0 atom stereocenters. The summed E-state index contributed by atoms with van der Waals surface area (Å²) in [5, 5.41) is 2.72. The highest BCUT2D eigenvalue weighted by Crippen LogP contribution is 2.22. The Hall–Kier alpha value is -1.44. The molecular weight excluding hydrogens is 304 g/mol. The number of amides is 1. The standard InChI is InChI=1S/C15H22N2O4S/c1-2-21-12-9-15(18)16-13-5-7-14(8-6-13)22(19,20)17-10-3-4-11-17/h5-8H,2-4,9-12H2,1H3,(H,16,18). The fourth-order valence-corrected chi connectivity index (χ4v) is 3.84. The summed E-state index contributed by atoms with van der Waals surface area (Å²) in [6.45, 7) is 3.99. The van der Waals surface area contributed by atoms with Crippen molar-refractivity contribution in [2.75, 3.05) is 31.6 Å². The molecule has 0 aromatic heterocycles. The van der Waals surface area contributed by atoms with Crippen molar-refractivity contribution in [1.29, 1.82) is 0 Å². The molecule has 1 N–H and O–H groups in total. The number of hydrogen-bond acceptors (Lipinski definition) is 4. The zero-order valence-corrected chi connectivity index (χ0v) is 13.6. The number of anilines is 1. The molecule has 1 saturated heterocycles. The third-order valence-electron chi connectivity index (χ3n) is 3.52. The topological polar surface area (TPSA) is 75.7 Å². The molecule has 1 aromatic rings. The zero-order valence-electron chi connectivity index (χ0n) is 12.7. The number of carbonyl (C=O) groups excluding carboxylic acids is 1. The Morgan fingerprint density at radius 2 is 1.86 bits per heavy atom. The number of nitrogens with one attached hydrogen (secondary N) is 1. The summed E-state index contributed by atoms with van der Waals surface area (Å²) in [5.74, 6) is -0.149. The van der Waals surface area contributed by atoms with Crippen molar-refractivity contribution in [3.8, 4) is 0 Å². The number of benzene rings is 1. The molecule has 1 aliphatic rings. The Balaban J connectivity index is 1.96. The van der Waals surface area contributed by atoms with Crippen molar-refractivity contribution in [2.45, 2.75) is 31.1 Å². The molecule has 1 aromatic carbocycles. The normalized spacial score (nSPS) is 15.9. The Morgan fingerprint density at radius 3 is 2.45 bits per heavy atom. The summed E-state index contributed by atoms with van der Waals surface area (Å²) in [6, 6.07) is 6.29. The minimum atomic E-state index is -3.40. The summed E-state index contributed by atoms with van der Waals surface area (Å²) in [4.78, 5) is 11.9. The molecule has 7 heteroatoms. The van der Waals surface area contributed by atoms with Crippen LogP contribution in [0.4, 0.5) is 5.69 Å². The minimum Gasteiger partial charge on any atom is -0.381 e. The van der Waals surface area contributed by atoms with Crippen LogP contribution in [0.25, 0.3) is 0 Å². The van der Waals surface area contributed by atoms with Crippen molar-refractivity contribution in [1.82, 2.24) is 4.31 Å². The van der Waals surface area contributed by atoms with Crippen molar-refractivity contribution >= 4 is 21.6 Å². The van der Waals surface area contributed by atoms with E-state index in [0.29, 0.717) is 32.0 Å². The van der Waals surface area contributed by atoms with Crippen molar-refractivity contribution in [2.24, 2.45) is 0 Å². The van der Waals surface area contributed by atoms with E-state index < -0.39 is 10.0 Å². The summed E-state index contributed by atoms with van der Waals surface area (Å²) in [5.41, 5.74) is 0.585. The fraction of sp³-hybridized carbons (Fsp3) is 0.533. The Bertz CT molecular complexity index is 592. The highest BCUT2D eigenvalue weighted by molar-refractivity contribution is 7.89. The van der Waals surface area contributed by atoms with Gasteiger partial charge in [0.15, 0.2) is 0 Å². The van der Waals surface area contributed by atoms with Crippen molar-refractivity contribution in [3.63, 3.8) is 0 Å². The van der Waals surface area contributed by atoms with Crippen LogP contribution in [0.15, 0.2) is 29.2 Å². The first-order valence-electron chi connectivity index (χ1n) is 7.52. The second kappa shape index (κ2) is 7.71. The van der Waals surface area contributed by atoms with E-state index in [1.165, 1.54) is 16.4 Å². The predicted octanol–water partition coefficient (Wildman–Crippen LogP) is 1.84. The lowest BCUT2D eigenvalue weighted by atomic mass is 10.3. The zero-order chi connectivity index (χ0) is 16.0. The van der Waals surface area contributed by atoms with Crippen LogP contribution < -0.4 is 5.32 Å². The molecule has 0 radical (unpaired) electrons. The van der Waals surface area contributed by atoms with Crippen LogP contribution in [0.3, 0.4) is 0 Å². The lowest BCUT2D eigenvalue weighted by molar-refractivity contribution is -0.117. The van der Waals surface area contributed by atoms with E-state index in [1.807, 2.05) is 6.92 Å². The molecule has 1 amide bonds. The van der Waals surface area contributed by atoms with E-state index in [4.69, 9.17) is 4.74 Å². The largest absolute Gasteiger partial charge is 0.381 e. The predicted molar refractivity (Wildman–Crippen MR) is 84.2 cm³/mol. The maximum absolute atomic E-state index is 12.4. The molecule has 22 heavy (non-hydrogen) atoms. The average Bonchev–Trinajstić information content (AvgIpc) is 3.03. The van der Waals surface area contributed by atoms with Gasteiger partial charge in [-0.25, -0.2) is 8.42 Å². The van der Waals surface area contributed by atoms with Crippen molar-refractivity contribution in [3.05, 3.63) is 24.3 Å². The molecule has 0 unspecified atom stereocenters. The maximum atomic E-state index is 12.4. The molecule has 0 aliphatic carbocycles. The van der Waals surface area contributed by atoms with E-state index >= 15 is 0 Å². The molecule has 6 nitrogen and oxygen atoms in total. The summed E-state index contributed by atoms with van der Waals surface area (Å²) < 4.78 is 31.3. The third-order valence-corrected chi connectivity index (χ3v) is 5.43. The Labute approximate surface area is 131 Å². The monoisotopic (exact) mass is 326 g/mol. The third kappa shape index (κ3) is 4.28. The second-order valence-corrected chi connectivity index (χ2v) is 7.07. The average molecular weight is 326 g/mol. The van der Waals surface area contributed by atoms with Gasteiger partial charge in [-0.3, -0.25) is 4.79 Å². The van der Waals surface area contributed by atoms with Gasteiger partial charge in [0.25, 0.3) is 0 Å². The maximum Gasteiger partial charge on any atom is 0.243 e. The van der Waals surface area contributed by atoms with Gasteiger partial charge in [0.05, 0.1) is 17.9 Å². The van der Waals surface area contributed by atoms with Gasteiger partial charge in [-0.1, -0.05) is 0 Å². The Morgan fingerprint density at radius 1 is 1.23 bits per heavy atom. The highest BCUT2D eigenvalue weighted by atomic mass is 32.2. The van der Waals surface area contributed by atoms with Gasteiger partial charge >= 0.3 is 0 Å². The van der Waals surface area contributed by atoms with Gasteiger partial charge in [0.2, 0.25) is 15.9 Å². The molecule has 1 heterocycles. The molecular formula is C15H22N2O4S.